The summed E-state index contributed by atoms with van der Waals surface area (Å²) >= 11 is 0. The molecule has 3 N–H and O–H groups in total. The lowest BCUT2D eigenvalue weighted by Crippen LogP contribution is -2.29. The Bertz CT molecular complexity index is 1310. The average molecular weight is 425 g/mol. The lowest BCUT2D eigenvalue weighted by Gasteiger charge is -2.10. The van der Waals surface area contributed by atoms with Crippen LogP contribution in [0.1, 0.15) is 28.7 Å². The maximum Gasteiger partial charge on any atom is 0.270 e. The number of benzene rings is 1. The van der Waals surface area contributed by atoms with Gasteiger partial charge in [-0.15, -0.1) is 0 Å². The van der Waals surface area contributed by atoms with Crippen LogP contribution in [-0.4, -0.2) is 32.7 Å². The van der Waals surface area contributed by atoms with Crippen LogP contribution in [0.25, 0.3) is 16.6 Å². The molecule has 0 atom stereocenters. The largest absolute Gasteiger partial charge is 0.357 e. The van der Waals surface area contributed by atoms with Crippen LogP contribution in [0.5, 0.6) is 0 Å². The van der Waals surface area contributed by atoms with Gasteiger partial charge in [-0.3, -0.25) is 14.0 Å². The lowest BCUT2D eigenvalue weighted by atomic mass is 10.1. The van der Waals surface area contributed by atoms with Crippen molar-refractivity contribution >= 4 is 22.5 Å². The SMILES string of the molecule is CC(F)(F)CNCc1cc2ccc(CNC(=O)c3cc(=O)n4ccccc4n3)cc2[nH]1. The van der Waals surface area contributed by atoms with Crippen LogP contribution in [0.3, 0.4) is 0 Å². The number of pyridine rings is 1. The third kappa shape index (κ3) is 4.95. The van der Waals surface area contributed by atoms with Gasteiger partial charge < -0.3 is 15.6 Å². The Morgan fingerprint density at radius 1 is 1.16 bits per heavy atom. The summed E-state index contributed by atoms with van der Waals surface area (Å²) in [5.41, 5.74) is 2.61. The maximum absolute atomic E-state index is 12.9. The van der Waals surface area contributed by atoms with Crippen LogP contribution < -0.4 is 16.2 Å². The fourth-order valence-corrected chi connectivity index (χ4v) is 3.30. The van der Waals surface area contributed by atoms with Gasteiger partial charge in [0.15, 0.2) is 0 Å². The van der Waals surface area contributed by atoms with Crippen molar-refractivity contribution < 1.29 is 13.6 Å². The highest BCUT2D eigenvalue weighted by Gasteiger charge is 2.19. The van der Waals surface area contributed by atoms with Gasteiger partial charge in [0, 0.05) is 43.5 Å². The molecule has 0 spiro atoms. The average Bonchev–Trinajstić information content (AvgIpc) is 3.13. The van der Waals surface area contributed by atoms with Gasteiger partial charge in [0.25, 0.3) is 17.4 Å². The zero-order chi connectivity index (χ0) is 22.0. The number of rotatable bonds is 7. The molecule has 0 radical (unpaired) electrons. The molecule has 9 heteroatoms. The zero-order valence-electron chi connectivity index (χ0n) is 16.8. The van der Waals surface area contributed by atoms with Crippen LogP contribution in [0.15, 0.2) is 59.5 Å². The topological polar surface area (TPSA) is 91.3 Å². The summed E-state index contributed by atoms with van der Waals surface area (Å²) in [5, 5.41) is 6.43. The van der Waals surface area contributed by atoms with Crippen molar-refractivity contribution in [3.63, 3.8) is 0 Å². The summed E-state index contributed by atoms with van der Waals surface area (Å²) in [6, 6.07) is 13.9. The van der Waals surface area contributed by atoms with Crippen molar-refractivity contribution in [1.82, 2.24) is 25.0 Å². The van der Waals surface area contributed by atoms with Crippen molar-refractivity contribution in [3.05, 3.63) is 82.0 Å². The van der Waals surface area contributed by atoms with E-state index in [0.29, 0.717) is 12.2 Å². The molecule has 3 heterocycles. The first-order valence-corrected chi connectivity index (χ1v) is 9.74. The van der Waals surface area contributed by atoms with Crippen molar-refractivity contribution in [2.75, 3.05) is 6.54 Å². The molecule has 31 heavy (non-hydrogen) atoms. The third-order valence-electron chi connectivity index (χ3n) is 4.75. The molecule has 4 aromatic rings. The fraction of sp³-hybridized carbons (Fsp3) is 0.227. The van der Waals surface area contributed by atoms with Gasteiger partial charge in [0.1, 0.15) is 11.3 Å². The number of aromatic nitrogens is 3. The molecule has 1 aromatic carbocycles. The van der Waals surface area contributed by atoms with Gasteiger partial charge >= 0.3 is 0 Å². The zero-order valence-corrected chi connectivity index (χ0v) is 16.8. The van der Waals surface area contributed by atoms with Crippen LogP contribution in [0.2, 0.25) is 0 Å². The molecule has 1 amide bonds. The highest BCUT2D eigenvalue weighted by atomic mass is 19.3. The molecule has 3 aromatic heterocycles. The first kappa shape index (κ1) is 20.7. The van der Waals surface area contributed by atoms with Crippen LogP contribution in [-0.2, 0) is 13.1 Å². The Hall–Kier alpha value is -3.59. The number of hydrogen-bond donors (Lipinski definition) is 3. The minimum absolute atomic E-state index is 0.0539. The van der Waals surface area contributed by atoms with E-state index in [1.807, 2.05) is 24.3 Å². The quantitative estimate of drug-likeness (QED) is 0.425. The molecular formula is C22H21F2N5O2. The van der Waals surface area contributed by atoms with E-state index in [0.717, 1.165) is 29.1 Å². The Morgan fingerprint density at radius 3 is 2.81 bits per heavy atom. The number of nitrogens with one attached hydrogen (secondary N) is 3. The minimum atomic E-state index is -2.76. The Labute approximate surface area is 176 Å². The summed E-state index contributed by atoms with van der Waals surface area (Å²) in [5.74, 6) is -3.21. The molecule has 0 saturated carbocycles. The van der Waals surface area contributed by atoms with E-state index in [-0.39, 0.29) is 17.8 Å². The van der Waals surface area contributed by atoms with Gasteiger partial charge in [0.05, 0.1) is 6.54 Å². The summed E-state index contributed by atoms with van der Waals surface area (Å²) in [6.45, 7) is 1.02. The van der Waals surface area contributed by atoms with Gasteiger partial charge in [-0.05, 0) is 35.2 Å². The summed E-state index contributed by atoms with van der Waals surface area (Å²) in [4.78, 5) is 32.1. The minimum Gasteiger partial charge on any atom is -0.357 e. The summed E-state index contributed by atoms with van der Waals surface area (Å²) < 4.78 is 27.2. The van der Waals surface area contributed by atoms with Crippen LogP contribution >= 0.6 is 0 Å². The molecule has 0 bridgehead atoms. The molecule has 0 aliphatic carbocycles. The van der Waals surface area contributed by atoms with Crippen molar-refractivity contribution in [2.24, 2.45) is 0 Å². The van der Waals surface area contributed by atoms with Crippen molar-refractivity contribution in [3.8, 4) is 0 Å². The van der Waals surface area contributed by atoms with E-state index in [4.69, 9.17) is 0 Å². The van der Waals surface area contributed by atoms with E-state index in [1.165, 1.54) is 10.5 Å². The number of fused-ring (bicyclic) bond motifs is 2. The second-order valence-electron chi connectivity index (χ2n) is 7.48. The smallest absolute Gasteiger partial charge is 0.270 e. The first-order valence-electron chi connectivity index (χ1n) is 9.74. The molecule has 0 aliphatic heterocycles. The number of carbonyl (C=O) groups is 1. The van der Waals surface area contributed by atoms with E-state index < -0.39 is 18.4 Å². The number of aromatic amines is 1. The third-order valence-corrected chi connectivity index (χ3v) is 4.75. The van der Waals surface area contributed by atoms with Crippen LogP contribution in [0.4, 0.5) is 8.78 Å². The van der Waals surface area contributed by atoms with E-state index in [9.17, 15) is 18.4 Å². The monoisotopic (exact) mass is 425 g/mol. The highest BCUT2D eigenvalue weighted by Crippen LogP contribution is 2.18. The normalized spacial score (nSPS) is 11.8. The first-order chi connectivity index (χ1) is 14.8. The number of alkyl halides is 2. The molecule has 0 saturated heterocycles. The Kier molecular flexibility index (Phi) is 5.51. The predicted molar refractivity (Wildman–Crippen MR) is 113 cm³/mol. The number of carbonyl (C=O) groups excluding carboxylic acids is 1. The molecule has 0 fully saturated rings. The predicted octanol–water partition coefficient (Wildman–Crippen LogP) is 2.85. The summed E-state index contributed by atoms with van der Waals surface area (Å²) in [7, 11) is 0. The second kappa shape index (κ2) is 8.27. The Morgan fingerprint density at radius 2 is 2.00 bits per heavy atom. The van der Waals surface area contributed by atoms with Crippen molar-refractivity contribution in [2.45, 2.75) is 25.9 Å². The van der Waals surface area contributed by atoms with Gasteiger partial charge in [-0.2, -0.15) is 0 Å². The van der Waals surface area contributed by atoms with Gasteiger partial charge in [-0.1, -0.05) is 18.2 Å². The van der Waals surface area contributed by atoms with Crippen LogP contribution in [0, 0.1) is 0 Å². The van der Waals surface area contributed by atoms with E-state index in [2.05, 4.69) is 20.6 Å². The molecule has 4 rings (SSSR count). The standard InChI is InChI=1S/C22H21F2N5O2/c1-22(23,24)13-25-12-16-9-15-6-5-14(8-17(15)27-16)11-26-21(31)18-10-20(30)29-7-3-2-4-19(29)28-18/h2-10,25,27H,11-13H2,1H3,(H,26,31). The molecular weight excluding hydrogens is 404 g/mol. The van der Waals surface area contributed by atoms with E-state index in [1.54, 1.807) is 24.4 Å². The molecule has 7 nitrogen and oxygen atoms in total. The van der Waals surface area contributed by atoms with Gasteiger partial charge in [0.2, 0.25) is 0 Å². The summed E-state index contributed by atoms with van der Waals surface area (Å²) in [6.07, 6.45) is 1.59. The van der Waals surface area contributed by atoms with Gasteiger partial charge in [-0.25, -0.2) is 13.8 Å². The molecule has 0 aliphatic rings. The lowest BCUT2D eigenvalue weighted by molar-refractivity contribution is 0.0224. The number of nitrogens with zero attached hydrogens (tertiary/aromatic N) is 2. The maximum atomic E-state index is 12.9. The number of hydrogen-bond acceptors (Lipinski definition) is 4. The molecule has 0 unspecified atom stereocenters. The van der Waals surface area contributed by atoms with Crippen molar-refractivity contribution in [1.29, 1.82) is 0 Å². The Balaban J connectivity index is 1.43. The number of H-pyrrole nitrogens is 1. The highest BCUT2D eigenvalue weighted by molar-refractivity contribution is 5.92. The molecule has 160 valence electrons. The number of halogens is 2. The van der Waals surface area contributed by atoms with E-state index >= 15 is 0 Å². The fourth-order valence-electron chi connectivity index (χ4n) is 3.30. The second-order valence-corrected chi connectivity index (χ2v) is 7.48. The number of amides is 1.